The Morgan fingerprint density at radius 2 is 1.95 bits per heavy atom. The van der Waals surface area contributed by atoms with Crippen LogP contribution in [0.15, 0.2) is 23.1 Å². The quantitative estimate of drug-likeness (QED) is 0.849. The van der Waals surface area contributed by atoms with Gasteiger partial charge in [0.15, 0.2) is 0 Å². The van der Waals surface area contributed by atoms with Crippen LogP contribution in [-0.2, 0) is 16.6 Å². The summed E-state index contributed by atoms with van der Waals surface area (Å²) in [4.78, 5) is 0.237. The molecule has 1 aromatic carbocycles. The van der Waals surface area contributed by atoms with Crippen molar-refractivity contribution in [2.24, 2.45) is 5.41 Å². The molecule has 21 heavy (non-hydrogen) atoms. The second-order valence-corrected chi connectivity index (χ2v) is 7.90. The van der Waals surface area contributed by atoms with Crippen molar-refractivity contribution < 1.29 is 13.5 Å². The van der Waals surface area contributed by atoms with E-state index in [0.29, 0.717) is 12.1 Å². The highest BCUT2D eigenvalue weighted by Gasteiger charge is 2.33. The summed E-state index contributed by atoms with van der Waals surface area (Å²) >= 11 is 0. The highest BCUT2D eigenvalue weighted by molar-refractivity contribution is 7.89. The number of aliphatic hydroxyl groups is 1. The Labute approximate surface area is 127 Å². The lowest BCUT2D eigenvalue weighted by Crippen LogP contribution is -2.35. The van der Waals surface area contributed by atoms with E-state index in [0.717, 1.165) is 24.8 Å². The molecule has 118 valence electrons. The third-order valence-corrected chi connectivity index (χ3v) is 6.25. The van der Waals surface area contributed by atoms with Gasteiger partial charge in [-0.25, -0.2) is 13.1 Å². The monoisotopic (exact) mass is 311 g/mol. The Morgan fingerprint density at radius 3 is 2.52 bits per heavy atom. The zero-order chi connectivity index (χ0) is 15.5. The first kappa shape index (κ1) is 16.5. The van der Waals surface area contributed by atoms with Crippen molar-refractivity contribution in [3.05, 3.63) is 29.3 Å². The number of nitrogens with one attached hydrogen (secondary N) is 1. The van der Waals surface area contributed by atoms with Crippen LogP contribution < -0.4 is 4.72 Å². The average molecular weight is 311 g/mol. The SMILES string of the molecule is CCC1(CNS(=O)(=O)c2ccc(C)c(CO)c2)CCCC1. The number of sulfonamides is 1. The van der Waals surface area contributed by atoms with Gasteiger partial charge in [0.1, 0.15) is 0 Å². The lowest BCUT2D eigenvalue weighted by atomic mass is 9.84. The van der Waals surface area contributed by atoms with Crippen LogP contribution in [-0.4, -0.2) is 20.1 Å². The second kappa shape index (κ2) is 6.46. The van der Waals surface area contributed by atoms with E-state index in [1.807, 2.05) is 6.92 Å². The number of rotatable bonds is 6. The van der Waals surface area contributed by atoms with E-state index in [-0.39, 0.29) is 16.9 Å². The summed E-state index contributed by atoms with van der Waals surface area (Å²) in [5, 5.41) is 9.27. The first-order valence-electron chi connectivity index (χ1n) is 7.62. The summed E-state index contributed by atoms with van der Waals surface area (Å²) in [6, 6.07) is 4.90. The lowest BCUT2D eigenvalue weighted by Gasteiger charge is -2.27. The molecular formula is C16H25NO3S. The molecule has 0 saturated heterocycles. The van der Waals surface area contributed by atoms with Crippen LogP contribution in [0.5, 0.6) is 0 Å². The Morgan fingerprint density at radius 1 is 1.29 bits per heavy atom. The molecule has 0 radical (unpaired) electrons. The molecule has 0 amide bonds. The van der Waals surface area contributed by atoms with Gasteiger partial charge in [0.05, 0.1) is 11.5 Å². The molecule has 1 saturated carbocycles. The van der Waals surface area contributed by atoms with Gasteiger partial charge in [-0.3, -0.25) is 0 Å². The van der Waals surface area contributed by atoms with Crippen LogP contribution in [0.2, 0.25) is 0 Å². The van der Waals surface area contributed by atoms with Gasteiger partial charge < -0.3 is 5.11 Å². The topological polar surface area (TPSA) is 66.4 Å². The third kappa shape index (κ3) is 3.65. The second-order valence-electron chi connectivity index (χ2n) is 6.13. The smallest absolute Gasteiger partial charge is 0.240 e. The first-order chi connectivity index (χ1) is 9.92. The molecule has 0 aromatic heterocycles. The van der Waals surface area contributed by atoms with E-state index in [9.17, 15) is 13.5 Å². The number of hydrogen-bond donors (Lipinski definition) is 2. The normalized spacial score (nSPS) is 18.0. The van der Waals surface area contributed by atoms with Gasteiger partial charge >= 0.3 is 0 Å². The highest BCUT2D eigenvalue weighted by Crippen LogP contribution is 2.40. The van der Waals surface area contributed by atoms with E-state index < -0.39 is 10.0 Å². The van der Waals surface area contributed by atoms with Crippen molar-refractivity contribution in [1.29, 1.82) is 0 Å². The number of aliphatic hydroxyl groups excluding tert-OH is 1. The molecule has 2 N–H and O–H groups in total. The standard InChI is InChI=1S/C16H25NO3S/c1-3-16(8-4-5-9-16)12-17-21(19,20)15-7-6-13(2)14(10-15)11-18/h6-7,10,17-18H,3-5,8-9,11-12H2,1-2H3. The van der Waals surface area contributed by atoms with Crippen LogP contribution in [0.25, 0.3) is 0 Å². The van der Waals surface area contributed by atoms with Crippen molar-refractivity contribution in [2.45, 2.75) is 57.5 Å². The van der Waals surface area contributed by atoms with Gasteiger partial charge in [0.2, 0.25) is 10.0 Å². The maximum absolute atomic E-state index is 12.4. The molecular weight excluding hydrogens is 286 g/mol. The van der Waals surface area contributed by atoms with E-state index in [1.165, 1.54) is 12.8 Å². The molecule has 2 rings (SSSR count). The molecule has 1 fully saturated rings. The number of hydrogen-bond acceptors (Lipinski definition) is 3. The zero-order valence-electron chi connectivity index (χ0n) is 12.9. The summed E-state index contributed by atoms with van der Waals surface area (Å²) in [7, 11) is -3.51. The van der Waals surface area contributed by atoms with Crippen molar-refractivity contribution in [2.75, 3.05) is 6.54 Å². The van der Waals surface area contributed by atoms with E-state index >= 15 is 0 Å². The van der Waals surface area contributed by atoms with Crippen LogP contribution in [0, 0.1) is 12.3 Å². The van der Waals surface area contributed by atoms with Crippen molar-refractivity contribution in [1.82, 2.24) is 4.72 Å². The van der Waals surface area contributed by atoms with Gasteiger partial charge in [0, 0.05) is 6.54 Å². The third-order valence-electron chi connectivity index (χ3n) is 4.85. The van der Waals surface area contributed by atoms with Crippen LogP contribution in [0.1, 0.15) is 50.2 Å². The number of benzene rings is 1. The molecule has 0 atom stereocenters. The molecule has 0 heterocycles. The average Bonchev–Trinajstić information content (AvgIpc) is 2.95. The highest BCUT2D eigenvalue weighted by atomic mass is 32.2. The molecule has 0 bridgehead atoms. The molecule has 0 aliphatic heterocycles. The molecule has 5 heteroatoms. The molecule has 1 aliphatic carbocycles. The van der Waals surface area contributed by atoms with Crippen LogP contribution in [0.3, 0.4) is 0 Å². The van der Waals surface area contributed by atoms with Crippen molar-refractivity contribution in [3.8, 4) is 0 Å². The van der Waals surface area contributed by atoms with E-state index in [1.54, 1.807) is 18.2 Å². The van der Waals surface area contributed by atoms with Gasteiger partial charge in [0.25, 0.3) is 0 Å². The van der Waals surface area contributed by atoms with Gasteiger partial charge in [-0.05, 0) is 54.9 Å². The lowest BCUT2D eigenvalue weighted by molar-refractivity contribution is 0.280. The predicted molar refractivity (Wildman–Crippen MR) is 83.5 cm³/mol. The number of aryl methyl sites for hydroxylation is 1. The zero-order valence-corrected chi connectivity index (χ0v) is 13.7. The van der Waals surface area contributed by atoms with E-state index in [2.05, 4.69) is 11.6 Å². The van der Waals surface area contributed by atoms with Crippen molar-refractivity contribution >= 4 is 10.0 Å². The van der Waals surface area contributed by atoms with Gasteiger partial charge in [-0.15, -0.1) is 0 Å². The summed E-state index contributed by atoms with van der Waals surface area (Å²) in [6.45, 7) is 4.36. The molecule has 0 spiro atoms. The Hall–Kier alpha value is -0.910. The Kier molecular flexibility index (Phi) is 5.07. The minimum Gasteiger partial charge on any atom is -0.392 e. The molecule has 0 unspecified atom stereocenters. The fourth-order valence-electron chi connectivity index (χ4n) is 3.10. The van der Waals surface area contributed by atoms with Crippen LogP contribution in [0.4, 0.5) is 0 Å². The minimum atomic E-state index is -3.51. The fraction of sp³-hybridized carbons (Fsp3) is 0.625. The fourth-order valence-corrected chi connectivity index (χ4v) is 4.30. The molecule has 1 aliphatic rings. The van der Waals surface area contributed by atoms with Gasteiger partial charge in [-0.2, -0.15) is 0 Å². The van der Waals surface area contributed by atoms with E-state index in [4.69, 9.17) is 0 Å². The predicted octanol–water partition coefficient (Wildman–Crippen LogP) is 2.74. The summed E-state index contributed by atoms with van der Waals surface area (Å²) in [5.74, 6) is 0. The minimum absolute atomic E-state index is 0.123. The van der Waals surface area contributed by atoms with Crippen molar-refractivity contribution in [3.63, 3.8) is 0 Å². The van der Waals surface area contributed by atoms with Crippen LogP contribution >= 0.6 is 0 Å². The maximum atomic E-state index is 12.4. The first-order valence-corrected chi connectivity index (χ1v) is 9.11. The van der Waals surface area contributed by atoms with Gasteiger partial charge in [-0.1, -0.05) is 25.8 Å². The summed E-state index contributed by atoms with van der Waals surface area (Å²) in [5.41, 5.74) is 1.68. The maximum Gasteiger partial charge on any atom is 0.240 e. The Bertz CT molecular complexity index is 590. The Balaban J connectivity index is 2.15. The molecule has 1 aromatic rings. The largest absolute Gasteiger partial charge is 0.392 e. The molecule has 4 nitrogen and oxygen atoms in total. The summed E-state index contributed by atoms with van der Waals surface area (Å²) in [6.07, 6.45) is 5.58. The summed E-state index contributed by atoms with van der Waals surface area (Å²) < 4.78 is 27.6.